The molecule has 0 aliphatic carbocycles. The zero-order valence-electron chi connectivity index (χ0n) is 13.5. The SMILES string of the molecule is CCC(CNC(C)C)(Cc1cnc(C)s1)c1ccccc1. The van der Waals surface area contributed by atoms with Crippen molar-refractivity contribution in [2.75, 3.05) is 6.54 Å². The Morgan fingerprint density at radius 2 is 1.95 bits per heavy atom. The first kappa shape index (κ1) is 16.2. The minimum Gasteiger partial charge on any atom is -0.314 e. The Morgan fingerprint density at radius 1 is 1.24 bits per heavy atom. The lowest BCUT2D eigenvalue weighted by atomic mass is 9.75. The zero-order valence-corrected chi connectivity index (χ0v) is 14.3. The van der Waals surface area contributed by atoms with Crippen LogP contribution in [0.15, 0.2) is 36.5 Å². The number of nitrogens with zero attached hydrogens (tertiary/aromatic N) is 1. The molecule has 0 fully saturated rings. The lowest BCUT2D eigenvalue weighted by molar-refractivity contribution is 0.365. The van der Waals surface area contributed by atoms with E-state index in [1.54, 1.807) is 0 Å². The Labute approximate surface area is 132 Å². The van der Waals surface area contributed by atoms with Crippen LogP contribution >= 0.6 is 11.3 Å². The summed E-state index contributed by atoms with van der Waals surface area (Å²) in [5, 5.41) is 4.80. The molecule has 1 atom stereocenters. The minimum absolute atomic E-state index is 0.143. The summed E-state index contributed by atoms with van der Waals surface area (Å²) in [7, 11) is 0. The summed E-state index contributed by atoms with van der Waals surface area (Å²) >= 11 is 1.82. The fourth-order valence-electron chi connectivity index (χ4n) is 2.73. The van der Waals surface area contributed by atoms with Gasteiger partial charge in [-0.1, -0.05) is 51.1 Å². The van der Waals surface area contributed by atoms with E-state index in [0.717, 1.165) is 24.4 Å². The van der Waals surface area contributed by atoms with Crippen LogP contribution in [-0.2, 0) is 11.8 Å². The molecule has 0 saturated carbocycles. The lowest BCUT2D eigenvalue weighted by Crippen LogP contribution is -2.42. The fourth-order valence-corrected chi connectivity index (χ4v) is 3.67. The number of nitrogens with one attached hydrogen (secondary N) is 1. The van der Waals surface area contributed by atoms with Crippen molar-refractivity contribution in [1.29, 1.82) is 0 Å². The van der Waals surface area contributed by atoms with Crippen molar-refractivity contribution < 1.29 is 0 Å². The molecular weight excluding hydrogens is 276 g/mol. The molecule has 3 heteroatoms. The van der Waals surface area contributed by atoms with Crippen LogP contribution in [0.1, 0.15) is 42.6 Å². The Hall–Kier alpha value is -1.19. The van der Waals surface area contributed by atoms with E-state index in [4.69, 9.17) is 0 Å². The molecule has 0 saturated heterocycles. The summed E-state index contributed by atoms with van der Waals surface area (Å²) in [5.74, 6) is 0. The molecule has 2 nitrogen and oxygen atoms in total. The Morgan fingerprint density at radius 3 is 2.48 bits per heavy atom. The maximum absolute atomic E-state index is 4.42. The number of thiazole rings is 1. The van der Waals surface area contributed by atoms with Gasteiger partial charge in [0.2, 0.25) is 0 Å². The van der Waals surface area contributed by atoms with E-state index in [1.807, 2.05) is 17.5 Å². The second-order valence-corrected chi connectivity index (χ2v) is 7.38. The van der Waals surface area contributed by atoms with E-state index < -0.39 is 0 Å². The van der Waals surface area contributed by atoms with Crippen molar-refractivity contribution in [2.24, 2.45) is 0 Å². The third-order valence-electron chi connectivity index (χ3n) is 4.09. The summed E-state index contributed by atoms with van der Waals surface area (Å²) in [5.41, 5.74) is 1.57. The smallest absolute Gasteiger partial charge is 0.0896 e. The van der Waals surface area contributed by atoms with Crippen LogP contribution in [0.25, 0.3) is 0 Å². The molecule has 0 aliphatic heterocycles. The normalized spacial score (nSPS) is 14.3. The van der Waals surface area contributed by atoms with Gasteiger partial charge >= 0.3 is 0 Å². The maximum Gasteiger partial charge on any atom is 0.0896 e. The third-order valence-corrected chi connectivity index (χ3v) is 5.01. The molecule has 2 rings (SSSR count). The van der Waals surface area contributed by atoms with E-state index in [0.29, 0.717) is 6.04 Å². The predicted molar refractivity (Wildman–Crippen MR) is 92.1 cm³/mol. The van der Waals surface area contributed by atoms with Gasteiger partial charge in [0.25, 0.3) is 0 Å². The van der Waals surface area contributed by atoms with E-state index >= 15 is 0 Å². The first-order chi connectivity index (χ1) is 10.1. The van der Waals surface area contributed by atoms with Gasteiger partial charge in [-0.2, -0.15) is 0 Å². The highest BCUT2D eigenvalue weighted by Crippen LogP contribution is 2.33. The Bertz CT molecular complexity index is 547. The predicted octanol–water partition coefficient (Wildman–Crippen LogP) is 4.34. The van der Waals surface area contributed by atoms with Crippen molar-refractivity contribution in [3.05, 3.63) is 52.0 Å². The van der Waals surface area contributed by atoms with Crippen molar-refractivity contribution in [3.63, 3.8) is 0 Å². The average Bonchev–Trinajstić information content (AvgIpc) is 2.89. The second-order valence-electron chi connectivity index (χ2n) is 6.06. The van der Waals surface area contributed by atoms with Crippen molar-refractivity contribution in [3.8, 4) is 0 Å². The maximum atomic E-state index is 4.42. The molecular formula is C18H26N2S. The molecule has 1 aromatic carbocycles. The van der Waals surface area contributed by atoms with Crippen LogP contribution in [0, 0.1) is 6.92 Å². The summed E-state index contributed by atoms with van der Waals surface area (Å²) in [4.78, 5) is 5.80. The van der Waals surface area contributed by atoms with Gasteiger partial charge in [-0.05, 0) is 25.3 Å². The average molecular weight is 302 g/mol. The monoisotopic (exact) mass is 302 g/mol. The van der Waals surface area contributed by atoms with Crippen molar-refractivity contribution in [2.45, 2.75) is 52.0 Å². The molecule has 0 radical (unpaired) electrons. The van der Waals surface area contributed by atoms with Gasteiger partial charge in [-0.25, -0.2) is 4.98 Å². The molecule has 2 aromatic rings. The quantitative estimate of drug-likeness (QED) is 0.823. The van der Waals surface area contributed by atoms with Gasteiger partial charge < -0.3 is 5.32 Å². The molecule has 0 spiro atoms. The highest BCUT2D eigenvalue weighted by Gasteiger charge is 2.31. The molecule has 0 amide bonds. The summed E-state index contributed by atoms with van der Waals surface area (Å²) in [6.45, 7) is 9.80. The number of rotatable bonds is 7. The molecule has 1 aromatic heterocycles. The highest BCUT2D eigenvalue weighted by molar-refractivity contribution is 7.11. The van der Waals surface area contributed by atoms with Crippen molar-refractivity contribution >= 4 is 11.3 Å². The van der Waals surface area contributed by atoms with Crippen LogP contribution in [-0.4, -0.2) is 17.6 Å². The first-order valence-electron chi connectivity index (χ1n) is 7.76. The van der Waals surface area contributed by atoms with E-state index in [2.05, 4.69) is 68.3 Å². The van der Waals surface area contributed by atoms with Gasteiger partial charge in [-0.15, -0.1) is 11.3 Å². The summed E-state index contributed by atoms with van der Waals surface area (Å²) in [6, 6.07) is 11.4. The van der Waals surface area contributed by atoms with E-state index in [9.17, 15) is 0 Å². The van der Waals surface area contributed by atoms with E-state index in [-0.39, 0.29) is 5.41 Å². The van der Waals surface area contributed by atoms with Crippen LogP contribution in [0.5, 0.6) is 0 Å². The third kappa shape index (κ3) is 4.14. The molecule has 1 N–H and O–H groups in total. The van der Waals surface area contributed by atoms with Crippen LogP contribution in [0.2, 0.25) is 0 Å². The van der Waals surface area contributed by atoms with E-state index in [1.165, 1.54) is 10.4 Å². The van der Waals surface area contributed by atoms with Gasteiger partial charge in [0.05, 0.1) is 5.01 Å². The Kier molecular flexibility index (Phi) is 5.54. The summed E-state index contributed by atoms with van der Waals surface area (Å²) < 4.78 is 0. The van der Waals surface area contributed by atoms with Crippen LogP contribution in [0.4, 0.5) is 0 Å². The largest absolute Gasteiger partial charge is 0.314 e. The number of hydrogen-bond acceptors (Lipinski definition) is 3. The van der Waals surface area contributed by atoms with Crippen LogP contribution in [0.3, 0.4) is 0 Å². The molecule has 0 aliphatic rings. The van der Waals surface area contributed by atoms with Gasteiger partial charge in [0.1, 0.15) is 0 Å². The topological polar surface area (TPSA) is 24.9 Å². The van der Waals surface area contributed by atoms with Gasteiger partial charge in [0.15, 0.2) is 0 Å². The molecule has 1 unspecified atom stereocenters. The minimum atomic E-state index is 0.143. The van der Waals surface area contributed by atoms with Gasteiger partial charge in [-0.3, -0.25) is 0 Å². The van der Waals surface area contributed by atoms with Crippen LogP contribution < -0.4 is 5.32 Å². The van der Waals surface area contributed by atoms with Gasteiger partial charge in [0, 0.05) is 29.1 Å². The lowest BCUT2D eigenvalue weighted by Gasteiger charge is -2.34. The molecule has 114 valence electrons. The number of benzene rings is 1. The highest BCUT2D eigenvalue weighted by atomic mass is 32.1. The second kappa shape index (κ2) is 7.19. The van der Waals surface area contributed by atoms with Crippen molar-refractivity contribution in [1.82, 2.24) is 10.3 Å². The number of hydrogen-bond donors (Lipinski definition) is 1. The summed E-state index contributed by atoms with van der Waals surface area (Å²) in [6.07, 6.45) is 4.22. The first-order valence-corrected chi connectivity index (χ1v) is 8.57. The standard InChI is InChI=1S/C18H26N2S/c1-5-18(13-20-14(2)3,16-9-7-6-8-10-16)11-17-12-19-15(4)21-17/h6-10,12,14,20H,5,11,13H2,1-4H3. The Balaban J connectivity index is 2.31. The fraction of sp³-hybridized carbons (Fsp3) is 0.500. The molecule has 0 bridgehead atoms. The molecule has 21 heavy (non-hydrogen) atoms. The molecule has 1 heterocycles. The number of aromatic nitrogens is 1. The number of aryl methyl sites for hydroxylation is 1. The zero-order chi connectivity index (χ0) is 15.3.